The highest BCUT2D eigenvalue weighted by molar-refractivity contribution is 7.17. The number of aliphatic carboxylic acids is 1. The van der Waals surface area contributed by atoms with Crippen molar-refractivity contribution in [1.29, 1.82) is 0 Å². The Labute approximate surface area is 131 Å². The first-order valence-electron chi connectivity index (χ1n) is 6.39. The number of carboxylic acids is 1. The van der Waals surface area contributed by atoms with E-state index in [-0.39, 0.29) is 18.4 Å². The molecule has 0 saturated heterocycles. The van der Waals surface area contributed by atoms with E-state index in [1.54, 1.807) is 12.1 Å². The molecule has 1 amide bonds. The smallest absolute Gasteiger partial charge is 0.303 e. The van der Waals surface area contributed by atoms with Gasteiger partial charge in [0, 0.05) is 6.42 Å². The topological polar surface area (TPSA) is 66.4 Å². The minimum absolute atomic E-state index is 0.00889. The SMILES string of the molecule is O=C(O)CCC(NC(=O)c1ccc(Cl)s1)c1ccccc1. The largest absolute Gasteiger partial charge is 0.481 e. The Kier molecular flexibility index (Phi) is 5.36. The van der Waals surface area contributed by atoms with E-state index >= 15 is 0 Å². The van der Waals surface area contributed by atoms with Crippen LogP contribution in [0.25, 0.3) is 0 Å². The summed E-state index contributed by atoms with van der Waals surface area (Å²) in [5, 5.41) is 11.7. The van der Waals surface area contributed by atoms with Crippen molar-refractivity contribution in [3.63, 3.8) is 0 Å². The second kappa shape index (κ2) is 7.24. The number of carboxylic acid groups (broad SMARTS) is 1. The number of rotatable bonds is 6. The van der Waals surface area contributed by atoms with Crippen molar-refractivity contribution in [2.45, 2.75) is 18.9 Å². The molecule has 2 N–H and O–H groups in total. The van der Waals surface area contributed by atoms with Gasteiger partial charge in [-0.2, -0.15) is 0 Å². The van der Waals surface area contributed by atoms with Gasteiger partial charge in [0.25, 0.3) is 5.91 Å². The summed E-state index contributed by atoms with van der Waals surface area (Å²) in [4.78, 5) is 23.5. The molecular weight excluding hydrogens is 310 g/mol. The average molecular weight is 324 g/mol. The van der Waals surface area contributed by atoms with Gasteiger partial charge in [0.1, 0.15) is 0 Å². The van der Waals surface area contributed by atoms with E-state index in [2.05, 4.69) is 5.32 Å². The summed E-state index contributed by atoms with van der Waals surface area (Å²) < 4.78 is 0.543. The van der Waals surface area contributed by atoms with Gasteiger partial charge < -0.3 is 10.4 Å². The van der Waals surface area contributed by atoms with Gasteiger partial charge >= 0.3 is 5.97 Å². The fraction of sp³-hybridized carbons (Fsp3) is 0.200. The molecule has 1 aromatic heterocycles. The number of hydrogen-bond acceptors (Lipinski definition) is 3. The van der Waals surface area contributed by atoms with Crippen LogP contribution in [-0.2, 0) is 4.79 Å². The number of carbonyl (C=O) groups excluding carboxylic acids is 1. The fourth-order valence-electron chi connectivity index (χ4n) is 1.94. The van der Waals surface area contributed by atoms with E-state index in [0.29, 0.717) is 15.6 Å². The van der Waals surface area contributed by atoms with Gasteiger partial charge in [-0.25, -0.2) is 0 Å². The molecule has 2 rings (SSSR count). The minimum atomic E-state index is -0.885. The van der Waals surface area contributed by atoms with Gasteiger partial charge in [-0.1, -0.05) is 41.9 Å². The summed E-state index contributed by atoms with van der Waals surface area (Å²) in [5.74, 6) is -1.13. The van der Waals surface area contributed by atoms with Crippen LogP contribution in [0.15, 0.2) is 42.5 Å². The van der Waals surface area contributed by atoms with Crippen molar-refractivity contribution in [3.05, 3.63) is 57.2 Å². The molecule has 0 aliphatic heterocycles. The first kappa shape index (κ1) is 15.5. The van der Waals surface area contributed by atoms with Crippen LogP contribution < -0.4 is 5.32 Å². The second-order valence-corrected chi connectivity index (χ2v) is 6.19. The van der Waals surface area contributed by atoms with Crippen molar-refractivity contribution in [1.82, 2.24) is 5.32 Å². The van der Waals surface area contributed by atoms with E-state index in [0.717, 1.165) is 5.56 Å². The molecule has 0 bridgehead atoms. The Balaban J connectivity index is 2.12. The number of halogens is 1. The molecule has 0 fully saturated rings. The van der Waals surface area contributed by atoms with Gasteiger partial charge in [-0.15, -0.1) is 11.3 Å². The van der Waals surface area contributed by atoms with Gasteiger partial charge in [0.15, 0.2) is 0 Å². The normalized spacial score (nSPS) is 11.9. The summed E-state index contributed by atoms with van der Waals surface area (Å²) in [6.45, 7) is 0. The highest BCUT2D eigenvalue weighted by atomic mass is 35.5. The van der Waals surface area contributed by atoms with E-state index in [4.69, 9.17) is 16.7 Å². The molecule has 4 nitrogen and oxygen atoms in total. The molecule has 1 unspecified atom stereocenters. The average Bonchev–Trinajstić information content (AvgIpc) is 2.90. The number of amides is 1. The lowest BCUT2D eigenvalue weighted by Gasteiger charge is -2.18. The molecule has 6 heteroatoms. The molecule has 0 saturated carbocycles. The fourth-order valence-corrected chi connectivity index (χ4v) is 2.89. The highest BCUT2D eigenvalue weighted by Crippen LogP contribution is 2.24. The summed E-state index contributed by atoms with van der Waals surface area (Å²) in [7, 11) is 0. The predicted octanol–water partition coefficient (Wildman–Crippen LogP) is 3.74. The molecule has 1 aromatic carbocycles. The number of thiophene rings is 1. The van der Waals surface area contributed by atoms with E-state index in [1.807, 2.05) is 30.3 Å². The van der Waals surface area contributed by atoms with Crippen LogP contribution in [-0.4, -0.2) is 17.0 Å². The minimum Gasteiger partial charge on any atom is -0.481 e. The lowest BCUT2D eigenvalue weighted by molar-refractivity contribution is -0.137. The standard InChI is InChI=1S/C15H14ClNO3S/c16-13-8-7-12(21-13)15(20)17-11(6-9-14(18)19)10-4-2-1-3-5-10/h1-5,7-8,11H,6,9H2,(H,17,20)(H,18,19). The molecule has 2 aromatic rings. The second-order valence-electron chi connectivity index (χ2n) is 4.47. The zero-order chi connectivity index (χ0) is 15.2. The molecule has 110 valence electrons. The lowest BCUT2D eigenvalue weighted by atomic mass is 10.0. The molecule has 0 aliphatic rings. The quantitative estimate of drug-likeness (QED) is 0.851. The Morgan fingerprint density at radius 2 is 1.90 bits per heavy atom. The van der Waals surface area contributed by atoms with Gasteiger partial charge in [0.2, 0.25) is 0 Å². The molecule has 0 radical (unpaired) electrons. The molecule has 0 spiro atoms. The maximum atomic E-state index is 12.2. The van der Waals surface area contributed by atoms with Crippen molar-refractivity contribution in [2.75, 3.05) is 0 Å². The van der Waals surface area contributed by atoms with Crippen molar-refractivity contribution in [3.8, 4) is 0 Å². The maximum absolute atomic E-state index is 12.2. The molecular formula is C15H14ClNO3S. The number of carbonyl (C=O) groups is 2. The number of nitrogens with one attached hydrogen (secondary N) is 1. The Hall–Kier alpha value is -1.85. The highest BCUT2D eigenvalue weighted by Gasteiger charge is 2.18. The van der Waals surface area contributed by atoms with Gasteiger partial charge in [0.05, 0.1) is 15.3 Å². The van der Waals surface area contributed by atoms with Crippen LogP contribution in [0.2, 0.25) is 4.34 Å². The van der Waals surface area contributed by atoms with E-state index in [1.165, 1.54) is 11.3 Å². The summed E-state index contributed by atoms with van der Waals surface area (Å²) in [5.41, 5.74) is 0.884. The summed E-state index contributed by atoms with van der Waals surface area (Å²) >= 11 is 7.02. The van der Waals surface area contributed by atoms with Crippen LogP contribution in [0.3, 0.4) is 0 Å². The molecule has 1 atom stereocenters. The monoisotopic (exact) mass is 323 g/mol. The lowest BCUT2D eigenvalue weighted by Crippen LogP contribution is -2.28. The van der Waals surface area contributed by atoms with Crippen LogP contribution in [0.4, 0.5) is 0 Å². The van der Waals surface area contributed by atoms with Crippen LogP contribution >= 0.6 is 22.9 Å². The summed E-state index contributed by atoms with van der Waals surface area (Å²) in [6.07, 6.45) is 0.329. The molecule has 21 heavy (non-hydrogen) atoms. The first-order valence-corrected chi connectivity index (χ1v) is 7.58. The van der Waals surface area contributed by atoms with Gasteiger partial charge in [-0.05, 0) is 24.1 Å². The van der Waals surface area contributed by atoms with E-state index in [9.17, 15) is 9.59 Å². The number of hydrogen-bond donors (Lipinski definition) is 2. The molecule has 1 heterocycles. The van der Waals surface area contributed by atoms with Crippen molar-refractivity contribution < 1.29 is 14.7 Å². The van der Waals surface area contributed by atoms with Crippen LogP contribution in [0, 0.1) is 0 Å². The first-order chi connectivity index (χ1) is 10.1. The summed E-state index contributed by atoms with van der Waals surface area (Å²) in [6, 6.07) is 12.3. The third-order valence-corrected chi connectivity index (χ3v) is 4.18. The molecule has 0 aliphatic carbocycles. The maximum Gasteiger partial charge on any atom is 0.303 e. The zero-order valence-corrected chi connectivity index (χ0v) is 12.7. The van der Waals surface area contributed by atoms with E-state index < -0.39 is 5.97 Å². The number of benzene rings is 1. The van der Waals surface area contributed by atoms with Crippen molar-refractivity contribution in [2.24, 2.45) is 0 Å². The third kappa shape index (κ3) is 4.58. The zero-order valence-electron chi connectivity index (χ0n) is 11.1. The predicted molar refractivity (Wildman–Crippen MR) is 82.8 cm³/mol. The Bertz CT molecular complexity index is 627. The van der Waals surface area contributed by atoms with Crippen LogP contribution in [0.5, 0.6) is 0 Å². The van der Waals surface area contributed by atoms with Crippen LogP contribution in [0.1, 0.15) is 34.1 Å². The third-order valence-electron chi connectivity index (χ3n) is 2.95. The Morgan fingerprint density at radius 3 is 2.48 bits per heavy atom. The van der Waals surface area contributed by atoms with Crippen molar-refractivity contribution >= 4 is 34.8 Å². The van der Waals surface area contributed by atoms with Gasteiger partial charge in [-0.3, -0.25) is 9.59 Å². The Morgan fingerprint density at radius 1 is 1.19 bits per heavy atom.